The van der Waals surface area contributed by atoms with Gasteiger partial charge in [0.15, 0.2) is 0 Å². The normalized spacial score (nSPS) is 12.9. The Labute approximate surface area is 398 Å². The first-order valence-electron chi connectivity index (χ1n) is 28.3. The molecule has 2 atom stereocenters. The summed E-state index contributed by atoms with van der Waals surface area (Å²) in [5.74, 6) is -0.0976. The quantitative estimate of drug-likeness (QED) is 0.0321. The molecule has 0 aromatic carbocycles. The van der Waals surface area contributed by atoms with Crippen LogP contribution in [-0.4, -0.2) is 47.4 Å². The lowest BCUT2D eigenvalue weighted by Crippen LogP contribution is -2.45. The molecule has 2 unspecified atom stereocenters. The highest BCUT2D eigenvalue weighted by Gasteiger charge is 2.18. The van der Waals surface area contributed by atoms with Crippen LogP contribution in [0.4, 0.5) is 0 Å². The Morgan fingerprint density at radius 2 is 0.734 bits per heavy atom. The Kier molecular flexibility index (Phi) is 52.1. The van der Waals surface area contributed by atoms with E-state index in [0.29, 0.717) is 19.4 Å². The lowest BCUT2D eigenvalue weighted by Gasteiger charge is -2.20. The Balaban J connectivity index is 3.51. The fraction of sp³-hybridized carbons (Fsp3) is 0.862. The fourth-order valence-electron chi connectivity index (χ4n) is 8.50. The molecular formula is C58H109NO5. The SMILES string of the molecule is CCCCCC/C=C\CCCCCCCC(=O)OCCCCCCCCC/C=C\CCCCCCCC(=O)NC(CO)C(O)/C=C/CCCCCCCCCCCCCCCCCC. The maximum atomic E-state index is 12.5. The van der Waals surface area contributed by atoms with Crippen molar-refractivity contribution in [1.29, 1.82) is 0 Å². The molecule has 6 heteroatoms. The third-order valence-electron chi connectivity index (χ3n) is 12.9. The monoisotopic (exact) mass is 900 g/mol. The van der Waals surface area contributed by atoms with Crippen LogP contribution in [-0.2, 0) is 14.3 Å². The number of carbonyl (C=O) groups is 2. The summed E-state index contributed by atoms with van der Waals surface area (Å²) in [5.41, 5.74) is 0. The maximum Gasteiger partial charge on any atom is 0.305 e. The summed E-state index contributed by atoms with van der Waals surface area (Å²) in [4.78, 5) is 24.5. The molecule has 0 heterocycles. The van der Waals surface area contributed by atoms with Crippen molar-refractivity contribution in [3.05, 3.63) is 36.5 Å². The van der Waals surface area contributed by atoms with E-state index in [9.17, 15) is 19.8 Å². The molecule has 0 aliphatic carbocycles. The summed E-state index contributed by atoms with van der Waals surface area (Å²) in [7, 11) is 0. The summed E-state index contributed by atoms with van der Waals surface area (Å²) in [6.45, 7) is 4.87. The van der Waals surface area contributed by atoms with E-state index < -0.39 is 12.1 Å². The summed E-state index contributed by atoms with van der Waals surface area (Å²) in [6, 6.07) is -0.641. The lowest BCUT2D eigenvalue weighted by molar-refractivity contribution is -0.143. The highest BCUT2D eigenvalue weighted by molar-refractivity contribution is 5.76. The number of aliphatic hydroxyl groups excluding tert-OH is 2. The first-order chi connectivity index (χ1) is 31.5. The van der Waals surface area contributed by atoms with Gasteiger partial charge >= 0.3 is 5.97 Å². The predicted octanol–water partition coefficient (Wildman–Crippen LogP) is 17.2. The number of aliphatic hydroxyl groups is 2. The number of rotatable bonds is 52. The van der Waals surface area contributed by atoms with Crippen LogP contribution in [0.15, 0.2) is 36.5 Å². The van der Waals surface area contributed by atoms with Crippen LogP contribution in [0.3, 0.4) is 0 Å². The second-order valence-electron chi connectivity index (χ2n) is 19.3. The number of esters is 1. The zero-order valence-electron chi connectivity index (χ0n) is 42.8. The Morgan fingerprint density at radius 1 is 0.422 bits per heavy atom. The van der Waals surface area contributed by atoms with Crippen LogP contribution >= 0.6 is 0 Å². The van der Waals surface area contributed by atoms with Crippen LogP contribution in [0.2, 0.25) is 0 Å². The molecule has 376 valence electrons. The molecule has 0 radical (unpaired) electrons. The van der Waals surface area contributed by atoms with Crippen LogP contribution in [0.25, 0.3) is 0 Å². The minimum atomic E-state index is -0.856. The fourth-order valence-corrected chi connectivity index (χ4v) is 8.50. The number of hydrogen-bond donors (Lipinski definition) is 3. The predicted molar refractivity (Wildman–Crippen MR) is 278 cm³/mol. The number of unbranched alkanes of at least 4 members (excludes halogenated alkanes) is 37. The summed E-state index contributed by atoms with van der Waals surface area (Å²) >= 11 is 0. The maximum absolute atomic E-state index is 12.5. The van der Waals surface area contributed by atoms with Gasteiger partial charge in [0, 0.05) is 12.8 Å². The molecular weight excluding hydrogens is 791 g/mol. The van der Waals surface area contributed by atoms with Gasteiger partial charge in [0.25, 0.3) is 0 Å². The van der Waals surface area contributed by atoms with E-state index in [1.165, 1.54) is 205 Å². The van der Waals surface area contributed by atoms with Gasteiger partial charge in [-0.1, -0.05) is 237 Å². The van der Waals surface area contributed by atoms with Gasteiger partial charge in [0.2, 0.25) is 5.91 Å². The second-order valence-corrected chi connectivity index (χ2v) is 19.3. The standard InChI is InChI=1S/C58H109NO5/c1-3-5-7-9-11-13-15-17-18-19-20-23-27-30-34-38-42-46-50-56(61)55(54-60)59-57(62)51-47-43-39-35-31-28-24-21-22-25-29-33-37-41-45-49-53-64-58(63)52-48-44-40-36-32-26-16-14-12-10-8-6-4-2/h14,16,21,24,46,50,55-56,60-61H,3-13,15,17-20,22-23,25-45,47-49,51-54H2,1-2H3,(H,59,62)/b16-14-,24-21-,50-46+. The number of nitrogens with one attached hydrogen (secondary N) is 1. The van der Waals surface area contributed by atoms with E-state index >= 15 is 0 Å². The number of amides is 1. The summed E-state index contributed by atoms with van der Waals surface area (Å²) in [5, 5.41) is 23.1. The molecule has 0 fully saturated rings. The molecule has 64 heavy (non-hydrogen) atoms. The number of allylic oxidation sites excluding steroid dienone is 5. The van der Waals surface area contributed by atoms with Crippen molar-refractivity contribution in [2.24, 2.45) is 0 Å². The first-order valence-corrected chi connectivity index (χ1v) is 28.3. The van der Waals surface area contributed by atoms with E-state index in [2.05, 4.69) is 43.5 Å². The van der Waals surface area contributed by atoms with Gasteiger partial charge < -0.3 is 20.3 Å². The van der Waals surface area contributed by atoms with Crippen LogP contribution in [0.1, 0.15) is 296 Å². The van der Waals surface area contributed by atoms with Gasteiger partial charge in [0.1, 0.15) is 0 Å². The molecule has 6 nitrogen and oxygen atoms in total. The van der Waals surface area contributed by atoms with Gasteiger partial charge in [-0.15, -0.1) is 0 Å². The van der Waals surface area contributed by atoms with Gasteiger partial charge in [-0.05, 0) is 83.5 Å². The van der Waals surface area contributed by atoms with Crippen molar-refractivity contribution < 1.29 is 24.5 Å². The Bertz CT molecular complexity index is 1040. The number of hydrogen-bond acceptors (Lipinski definition) is 5. The first kappa shape index (κ1) is 62.1. The van der Waals surface area contributed by atoms with E-state index in [1.54, 1.807) is 6.08 Å². The van der Waals surface area contributed by atoms with Crippen LogP contribution in [0.5, 0.6) is 0 Å². The molecule has 0 aromatic rings. The van der Waals surface area contributed by atoms with E-state index in [4.69, 9.17) is 4.74 Å². The highest BCUT2D eigenvalue weighted by atomic mass is 16.5. The molecule has 0 aliphatic heterocycles. The molecule has 0 spiro atoms. The van der Waals surface area contributed by atoms with Crippen molar-refractivity contribution in [1.82, 2.24) is 5.32 Å². The molecule has 0 aliphatic rings. The topological polar surface area (TPSA) is 95.9 Å². The van der Waals surface area contributed by atoms with Crippen LogP contribution in [0, 0.1) is 0 Å². The van der Waals surface area contributed by atoms with Crippen molar-refractivity contribution in [2.75, 3.05) is 13.2 Å². The molecule has 0 aromatic heterocycles. The lowest BCUT2D eigenvalue weighted by atomic mass is 10.0. The Hall–Kier alpha value is -1.92. The third kappa shape index (κ3) is 49.5. The van der Waals surface area contributed by atoms with Gasteiger partial charge in [-0.25, -0.2) is 0 Å². The van der Waals surface area contributed by atoms with Crippen molar-refractivity contribution in [3.8, 4) is 0 Å². The van der Waals surface area contributed by atoms with E-state index in [0.717, 1.165) is 64.2 Å². The minimum Gasteiger partial charge on any atom is -0.466 e. The molecule has 0 rings (SSSR count). The molecule has 0 saturated carbocycles. The highest BCUT2D eigenvalue weighted by Crippen LogP contribution is 2.16. The van der Waals surface area contributed by atoms with Gasteiger partial charge in [-0.2, -0.15) is 0 Å². The average molecular weight is 901 g/mol. The van der Waals surface area contributed by atoms with Gasteiger partial charge in [-0.3, -0.25) is 9.59 Å². The number of ether oxygens (including phenoxy) is 1. The van der Waals surface area contributed by atoms with Crippen molar-refractivity contribution in [2.45, 2.75) is 309 Å². The zero-order valence-corrected chi connectivity index (χ0v) is 42.8. The molecule has 3 N–H and O–H groups in total. The molecule has 0 bridgehead atoms. The number of carbonyl (C=O) groups excluding carboxylic acids is 2. The van der Waals surface area contributed by atoms with Gasteiger partial charge in [0.05, 0.1) is 25.4 Å². The summed E-state index contributed by atoms with van der Waals surface area (Å²) in [6.07, 6.45) is 65.8. The smallest absolute Gasteiger partial charge is 0.305 e. The summed E-state index contributed by atoms with van der Waals surface area (Å²) < 4.78 is 5.45. The van der Waals surface area contributed by atoms with E-state index in [-0.39, 0.29) is 18.5 Å². The van der Waals surface area contributed by atoms with E-state index in [1.807, 2.05) is 6.08 Å². The molecule has 1 amide bonds. The van der Waals surface area contributed by atoms with Crippen LogP contribution < -0.4 is 5.32 Å². The zero-order chi connectivity index (χ0) is 46.5. The van der Waals surface area contributed by atoms with Crippen molar-refractivity contribution >= 4 is 11.9 Å². The van der Waals surface area contributed by atoms with Crippen molar-refractivity contribution in [3.63, 3.8) is 0 Å². The average Bonchev–Trinajstić information content (AvgIpc) is 3.29. The largest absolute Gasteiger partial charge is 0.466 e. The third-order valence-corrected chi connectivity index (χ3v) is 12.9. The Morgan fingerprint density at radius 3 is 1.12 bits per heavy atom. The minimum absolute atomic E-state index is 0.0133. The molecule has 0 saturated heterocycles. The second kappa shape index (κ2) is 53.7.